The number of aromatic nitrogens is 6. The second kappa shape index (κ2) is 11.5. The van der Waals surface area contributed by atoms with Crippen LogP contribution in [0.3, 0.4) is 0 Å². The fourth-order valence-corrected chi connectivity index (χ4v) is 8.33. The minimum atomic E-state index is -4.33. The molecule has 2 bridgehead atoms. The van der Waals surface area contributed by atoms with Crippen LogP contribution in [0, 0.1) is 0 Å². The first-order chi connectivity index (χ1) is 21.3. The Labute approximate surface area is 261 Å². The van der Waals surface area contributed by atoms with Crippen LogP contribution in [0.5, 0.6) is 0 Å². The lowest BCUT2D eigenvalue weighted by atomic mass is 10.1. The van der Waals surface area contributed by atoms with Crippen LogP contribution in [0.1, 0.15) is 30.6 Å². The van der Waals surface area contributed by atoms with Gasteiger partial charge in [-0.2, -0.15) is 4.98 Å². The van der Waals surface area contributed by atoms with Crippen molar-refractivity contribution in [3.8, 4) is 0 Å². The molecule has 7 heterocycles. The molecule has 0 radical (unpaired) electrons. The minimum absolute atomic E-state index is 0.0817. The number of aliphatic imine (C=N–C) groups is 1. The summed E-state index contributed by atoms with van der Waals surface area (Å²) in [6.45, 7) is -9.95. The summed E-state index contributed by atoms with van der Waals surface area (Å²) in [6, 6.07) is -0.459. The van der Waals surface area contributed by atoms with E-state index in [0.717, 1.165) is 6.33 Å². The van der Waals surface area contributed by atoms with E-state index < -0.39 is 87.5 Å². The zero-order valence-corrected chi connectivity index (χ0v) is 26.0. The SMILES string of the molecule is Nc1nc2c(ncn2[C@@H]2O[C@@H]3COP(O)(=S)O[C@H]4[C@H](F)[C@H](n5cnc6c5N=CCC6N)O[C@@H]4COP(O)(=S)O[C@@H]2[C@@H]3F)c(=O)[nH]1. The highest BCUT2D eigenvalue weighted by Gasteiger charge is 2.54. The van der Waals surface area contributed by atoms with E-state index in [2.05, 4.69) is 24.9 Å². The van der Waals surface area contributed by atoms with E-state index in [1.165, 1.54) is 15.5 Å². The van der Waals surface area contributed by atoms with E-state index in [-0.39, 0.29) is 22.9 Å². The van der Waals surface area contributed by atoms with E-state index in [1.807, 2.05) is 0 Å². The lowest BCUT2D eigenvalue weighted by Gasteiger charge is -2.27. The maximum absolute atomic E-state index is 16.0. The Balaban J connectivity index is 1.20. The molecule has 3 unspecified atom stereocenters. The Morgan fingerprint density at radius 2 is 1.64 bits per heavy atom. The molecule has 4 aliphatic heterocycles. The maximum atomic E-state index is 16.0. The number of rotatable bonds is 2. The molecular formula is C21H25F2N9O9P2S2. The minimum Gasteiger partial charge on any atom is -0.369 e. The summed E-state index contributed by atoms with van der Waals surface area (Å²) in [7, 11) is 0. The van der Waals surface area contributed by atoms with E-state index in [4.69, 9.17) is 62.6 Å². The molecule has 3 aromatic heterocycles. The first-order valence-electron chi connectivity index (χ1n) is 13.3. The summed E-state index contributed by atoms with van der Waals surface area (Å²) in [5, 5.41) is 0. The molecule has 7 rings (SSSR count). The molecule has 11 atom stereocenters. The number of nitrogens with two attached hydrogens (primary N) is 2. The van der Waals surface area contributed by atoms with Crippen molar-refractivity contribution in [2.24, 2.45) is 10.7 Å². The predicted molar refractivity (Wildman–Crippen MR) is 157 cm³/mol. The second-order valence-electron chi connectivity index (χ2n) is 10.5. The molecule has 0 aliphatic carbocycles. The number of hydrogen-bond donors (Lipinski definition) is 5. The smallest absolute Gasteiger partial charge is 0.325 e. The zero-order chi connectivity index (χ0) is 31.8. The van der Waals surface area contributed by atoms with Gasteiger partial charge in [0.2, 0.25) is 5.95 Å². The quantitative estimate of drug-likeness (QED) is 0.226. The number of anilines is 1. The van der Waals surface area contributed by atoms with E-state index in [1.54, 1.807) is 6.21 Å². The van der Waals surface area contributed by atoms with Crippen molar-refractivity contribution in [2.75, 3.05) is 18.9 Å². The van der Waals surface area contributed by atoms with Crippen molar-refractivity contribution in [1.29, 1.82) is 0 Å². The molecule has 0 spiro atoms. The molecular weight excluding hydrogens is 686 g/mol. The van der Waals surface area contributed by atoms with Crippen molar-refractivity contribution >= 4 is 66.2 Å². The van der Waals surface area contributed by atoms with Gasteiger partial charge >= 0.3 is 13.4 Å². The number of halogens is 2. The molecule has 45 heavy (non-hydrogen) atoms. The molecule has 3 saturated heterocycles. The molecule has 0 saturated carbocycles. The van der Waals surface area contributed by atoms with Crippen LogP contribution in [0.4, 0.5) is 20.5 Å². The van der Waals surface area contributed by atoms with Crippen LogP contribution in [0.25, 0.3) is 11.2 Å². The first kappa shape index (κ1) is 31.4. The van der Waals surface area contributed by atoms with Gasteiger partial charge in [0.15, 0.2) is 41.8 Å². The number of aromatic amines is 1. The van der Waals surface area contributed by atoms with Gasteiger partial charge in [-0.25, -0.2) is 23.7 Å². The number of ether oxygens (including phenoxy) is 2. The number of H-pyrrole nitrogens is 1. The average Bonchev–Trinajstić information content (AvgIpc) is 3.72. The molecule has 24 heteroatoms. The lowest BCUT2D eigenvalue weighted by molar-refractivity contribution is -0.0601. The number of nitrogens with zero attached hydrogens (tertiary/aromatic N) is 6. The van der Waals surface area contributed by atoms with E-state index in [9.17, 15) is 14.6 Å². The van der Waals surface area contributed by atoms with Crippen molar-refractivity contribution in [3.05, 3.63) is 28.7 Å². The Hall–Kier alpha value is -2.17. The van der Waals surface area contributed by atoms with Crippen LogP contribution >= 0.6 is 13.4 Å². The van der Waals surface area contributed by atoms with Crippen molar-refractivity contribution < 1.29 is 46.1 Å². The summed E-state index contributed by atoms with van der Waals surface area (Å²) < 4.78 is 68.1. The summed E-state index contributed by atoms with van der Waals surface area (Å²) in [6.07, 6.45) is -8.51. The van der Waals surface area contributed by atoms with Gasteiger partial charge in [0.25, 0.3) is 5.56 Å². The fraction of sp³-hybridized carbons (Fsp3) is 0.571. The number of imidazole rings is 2. The van der Waals surface area contributed by atoms with Gasteiger partial charge in [0.1, 0.15) is 30.1 Å². The number of alkyl halides is 2. The zero-order valence-electron chi connectivity index (χ0n) is 22.6. The molecule has 3 aromatic rings. The summed E-state index contributed by atoms with van der Waals surface area (Å²) in [5.74, 6) is 0.0177. The van der Waals surface area contributed by atoms with Crippen molar-refractivity contribution in [2.45, 2.75) is 61.7 Å². The monoisotopic (exact) mass is 711 g/mol. The highest BCUT2D eigenvalue weighted by Crippen LogP contribution is 2.55. The number of hydrogen-bond acceptors (Lipinski definition) is 15. The number of nitrogens with one attached hydrogen (secondary N) is 1. The fourth-order valence-electron chi connectivity index (χ4n) is 5.49. The van der Waals surface area contributed by atoms with Crippen LogP contribution in [0.2, 0.25) is 0 Å². The highest BCUT2D eigenvalue weighted by molar-refractivity contribution is 8.07. The third-order valence-corrected chi connectivity index (χ3v) is 10.7. The predicted octanol–water partition coefficient (Wildman–Crippen LogP) is 0.426. The van der Waals surface area contributed by atoms with Gasteiger partial charge in [-0.1, -0.05) is 0 Å². The van der Waals surface area contributed by atoms with Gasteiger partial charge in [-0.15, -0.1) is 0 Å². The molecule has 0 aromatic carbocycles. The molecule has 0 amide bonds. The Morgan fingerprint density at radius 3 is 2.40 bits per heavy atom. The third kappa shape index (κ3) is 5.71. The van der Waals surface area contributed by atoms with Gasteiger partial charge in [-0.05, 0) is 23.6 Å². The Morgan fingerprint density at radius 1 is 0.978 bits per heavy atom. The van der Waals surface area contributed by atoms with Crippen LogP contribution < -0.4 is 17.0 Å². The lowest BCUT2D eigenvalue weighted by Crippen LogP contribution is -2.34. The average molecular weight is 712 g/mol. The van der Waals surface area contributed by atoms with E-state index in [0.29, 0.717) is 12.1 Å². The maximum Gasteiger partial charge on any atom is 0.325 e. The molecule has 3 fully saturated rings. The van der Waals surface area contributed by atoms with Crippen molar-refractivity contribution in [3.63, 3.8) is 0 Å². The Bertz CT molecular complexity index is 1830. The largest absolute Gasteiger partial charge is 0.369 e. The van der Waals surface area contributed by atoms with Crippen molar-refractivity contribution in [1.82, 2.24) is 29.1 Å². The number of fused-ring (bicyclic) bond motifs is 5. The van der Waals surface area contributed by atoms with Gasteiger partial charge in [-0.3, -0.25) is 28.0 Å². The normalized spacial score (nSPS) is 40.4. The van der Waals surface area contributed by atoms with Gasteiger partial charge < -0.3 is 39.8 Å². The molecule has 18 nitrogen and oxygen atoms in total. The van der Waals surface area contributed by atoms with E-state index >= 15 is 8.78 Å². The van der Waals surface area contributed by atoms with Crippen LogP contribution in [-0.2, 0) is 51.2 Å². The standard InChI is InChI=1S/C21H25F2N9O9P2S2/c22-10-8-3-36-42(34,44)40-14-9(39-19(11(14)23)31-5-27-12-7(24)1-2-26-16(12)31)4-37-43(35,45)41-15(10)20(38-8)32-6-28-13-17(32)29-21(25)30-18(13)33/h2,5-11,14-15,19-20H,1,3-4,24H2,(H,34,44)(H,35,45)(H3,25,29,30,33)/t7?,8-,9-,10-,11+,14-,15-,19-,20-,42?,43?/m1/s1. The second-order valence-corrected chi connectivity index (χ2v) is 16.1. The summed E-state index contributed by atoms with van der Waals surface area (Å²) in [4.78, 5) is 53.1. The topological polar surface area (TPSA) is 242 Å². The first-order valence-corrected chi connectivity index (χ1v) is 18.5. The summed E-state index contributed by atoms with van der Waals surface area (Å²) in [5.41, 5.74) is 11.3. The van der Waals surface area contributed by atoms with Gasteiger partial charge in [0.05, 0.1) is 31.9 Å². The summed E-state index contributed by atoms with van der Waals surface area (Å²) >= 11 is 10.3. The van der Waals surface area contributed by atoms with Crippen LogP contribution in [0.15, 0.2) is 22.4 Å². The third-order valence-electron chi connectivity index (χ3n) is 7.56. The van der Waals surface area contributed by atoms with Crippen LogP contribution in [-0.4, -0.2) is 95.0 Å². The Kier molecular flexibility index (Phi) is 8.04. The number of nitrogen functional groups attached to an aromatic ring is 1. The molecule has 4 aliphatic rings. The molecule has 7 N–H and O–H groups in total. The van der Waals surface area contributed by atoms with Gasteiger partial charge in [0, 0.05) is 12.6 Å². The molecule has 244 valence electrons. The highest BCUT2D eigenvalue weighted by atomic mass is 32.5.